The molecule has 1 aliphatic heterocycles. The van der Waals surface area contributed by atoms with Crippen molar-refractivity contribution in [3.05, 3.63) is 90.0 Å². The lowest BCUT2D eigenvalue weighted by Crippen LogP contribution is -2.36. The van der Waals surface area contributed by atoms with Gasteiger partial charge in [0.2, 0.25) is 0 Å². The zero-order valence-electron chi connectivity index (χ0n) is 22.6. The van der Waals surface area contributed by atoms with E-state index in [1.54, 1.807) is 30.3 Å². The Balaban J connectivity index is 1.20. The topological polar surface area (TPSA) is 141 Å². The van der Waals surface area contributed by atoms with Crippen LogP contribution < -0.4 is 21.1 Å². The number of rotatable bonds is 8. The van der Waals surface area contributed by atoms with Crippen LogP contribution in [0, 0.1) is 0 Å². The quantitative estimate of drug-likeness (QED) is 0.180. The van der Waals surface area contributed by atoms with Crippen molar-refractivity contribution in [2.24, 2.45) is 5.73 Å². The number of carbonyl (C=O) groups excluding carboxylic acids is 2. The standard InChI is InChI=1S/C31H31N7O3/c1-38-16-14-21(15-17-38)33-20-12-10-19(11-13-20)31(40)35-27-18-25(36-37-27)28-29(22-6-2-4-8-24(22)34-28)41-26-9-5-3-7-23(26)30(32)39/h2-13,18,21,33-34H,14-17H2,1H3,(H2,32,39)(H2,35,36,37,40). The number of nitrogens with two attached hydrogens (primary N) is 1. The fourth-order valence-corrected chi connectivity index (χ4v) is 5.09. The number of aromatic amines is 2. The number of aromatic nitrogens is 3. The van der Waals surface area contributed by atoms with Crippen LogP contribution >= 0.6 is 0 Å². The van der Waals surface area contributed by atoms with Gasteiger partial charge in [-0.2, -0.15) is 5.10 Å². The largest absolute Gasteiger partial charge is 0.454 e. The summed E-state index contributed by atoms with van der Waals surface area (Å²) in [5.74, 6) is 0.419. The molecule has 1 aliphatic rings. The number of primary amides is 1. The van der Waals surface area contributed by atoms with E-state index in [0.29, 0.717) is 40.3 Å². The number of ether oxygens (including phenoxy) is 1. The molecule has 3 aromatic carbocycles. The number of amides is 2. The molecular weight excluding hydrogens is 518 g/mol. The average Bonchev–Trinajstić information content (AvgIpc) is 3.59. The van der Waals surface area contributed by atoms with E-state index in [0.717, 1.165) is 42.5 Å². The van der Waals surface area contributed by atoms with E-state index in [1.165, 1.54) is 0 Å². The third kappa shape index (κ3) is 5.64. The molecule has 5 aromatic rings. The predicted octanol–water partition coefficient (Wildman–Crippen LogP) is 5.21. The molecule has 10 heteroatoms. The summed E-state index contributed by atoms with van der Waals surface area (Å²) in [7, 11) is 2.14. The van der Waals surface area contributed by atoms with Crippen LogP contribution in [0.2, 0.25) is 0 Å². The number of piperidine rings is 1. The minimum absolute atomic E-state index is 0.255. The van der Waals surface area contributed by atoms with Crippen molar-refractivity contribution in [1.82, 2.24) is 20.1 Å². The van der Waals surface area contributed by atoms with Gasteiger partial charge in [0.15, 0.2) is 5.75 Å². The van der Waals surface area contributed by atoms with Gasteiger partial charge in [-0.05, 0) is 81.5 Å². The molecule has 208 valence electrons. The molecule has 1 fully saturated rings. The van der Waals surface area contributed by atoms with Crippen molar-refractivity contribution in [1.29, 1.82) is 0 Å². The van der Waals surface area contributed by atoms with Gasteiger partial charge in [-0.3, -0.25) is 14.7 Å². The SMILES string of the molecule is CN1CCC(Nc2ccc(C(=O)Nc3cc(-c4[nH]c5ccccc5c4Oc4ccccc4C(N)=O)n[nH]3)cc2)CC1. The highest BCUT2D eigenvalue weighted by molar-refractivity contribution is 6.04. The molecule has 0 radical (unpaired) electrons. The van der Waals surface area contributed by atoms with Crippen molar-refractivity contribution < 1.29 is 14.3 Å². The number of hydrogen-bond acceptors (Lipinski definition) is 6. The van der Waals surface area contributed by atoms with Crippen LogP contribution in [-0.2, 0) is 0 Å². The minimum atomic E-state index is -0.586. The number of benzene rings is 3. The second-order valence-corrected chi connectivity index (χ2v) is 10.3. The Labute approximate surface area is 236 Å². The summed E-state index contributed by atoms with van der Waals surface area (Å²) in [6, 6.07) is 24.1. The highest BCUT2D eigenvalue weighted by Gasteiger charge is 2.21. The van der Waals surface area contributed by atoms with Gasteiger partial charge in [0.1, 0.15) is 23.0 Å². The number of fused-ring (bicyclic) bond motifs is 1. The number of carbonyl (C=O) groups is 2. The number of anilines is 2. The zero-order valence-corrected chi connectivity index (χ0v) is 22.6. The molecule has 6 N–H and O–H groups in total. The molecule has 0 atom stereocenters. The number of hydrogen-bond donors (Lipinski definition) is 5. The van der Waals surface area contributed by atoms with Crippen molar-refractivity contribution in [2.45, 2.75) is 18.9 Å². The van der Waals surface area contributed by atoms with Crippen LogP contribution in [0.3, 0.4) is 0 Å². The number of nitrogens with zero attached hydrogens (tertiary/aromatic N) is 2. The highest BCUT2D eigenvalue weighted by atomic mass is 16.5. The first-order valence-corrected chi connectivity index (χ1v) is 13.5. The van der Waals surface area contributed by atoms with Crippen molar-refractivity contribution >= 4 is 34.2 Å². The van der Waals surface area contributed by atoms with Crippen LogP contribution in [-0.4, -0.2) is 58.1 Å². The van der Waals surface area contributed by atoms with Gasteiger partial charge in [0.25, 0.3) is 11.8 Å². The van der Waals surface area contributed by atoms with E-state index in [2.05, 4.69) is 37.8 Å². The average molecular weight is 550 g/mol. The van der Waals surface area contributed by atoms with Crippen LogP contribution in [0.5, 0.6) is 11.5 Å². The zero-order chi connectivity index (χ0) is 28.3. The monoisotopic (exact) mass is 549 g/mol. The van der Waals surface area contributed by atoms with E-state index in [-0.39, 0.29) is 11.5 Å². The van der Waals surface area contributed by atoms with Gasteiger partial charge in [0, 0.05) is 34.3 Å². The van der Waals surface area contributed by atoms with E-state index in [1.807, 2.05) is 48.5 Å². The second-order valence-electron chi connectivity index (χ2n) is 10.3. The summed E-state index contributed by atoms with van der Waals surface area (Å²) in [6.07, 6.45) is 2.20. The Morgan fingerprint density at radius 3 is 2.51 bits per heavy atom. The number of H-pyrrole nitrogens is 2. The number of para-hydroxylation sites is 2. The smallest absolute Gasteiger partial charge is 0.256 e. The van der Waals surface area contributed by atoms with Gasteiger partial charge in [0.05, 0.1) is 5.56 Å². The maximum absolute atomic E-state index is 13.0. The molecule has 0 bridgehead atoms. The lowest BCUT2D eigenvalue weighted by Gasteiger charge is -2.30. The molecule has 6 rings (SSSR count). The Morgan fingerprint density at radius 2 is 1.73 bits per heavy atom. The summed E-state index contributed by atoms with van der Waals surface area (Å²) in [5, 5.41) is 14.6. The molecule has 1 saturated heterocycles. The first-order valence-electron chi connectivity index (χ1n) is 13.5. The van der Waals surface area contributed by atoms with Crippen LogP contribution in [0.15, 0.2) is 78.9 Å². The fraction of sp³-hybridized carbons (Fsp3) is 0.194. The molecule has 2 amide bonds. The first-order chi connectivity index (χ1) is 19.9. The van der Waals surface area contributed by atoms with Crippen molar-refractivity contribution in [3.63, 3.8) is 0 Å². The normalized spacial score (nSPS) is 14.2. The molecule has 41 heavy (non-hydrogen) atoms. The first kappa shape index (κ1) is 26.1. The summed E-state index contributed by atoms with van der Waals surface area (Å²) in [5.41, 5.74) is 9.33. The number of likely N-dealkylation sites (tertiary alicyclic amines) is 1. The molecule has 0 aliphatic carbocycles. The molecule has 10 nitrogen and oxygen atoms in total. The third-order valence-electron chi connectivity index (χ3n) is 7.34. The van der Waals surface area contributed by atoms with Crippen LogP contribution in [0.25, 0.3) is 22.3 Å². The van der Waals surface area contributed by atoms with Crippen LogP contribution in [0.1, 0.15) is 33.6 Å². The fourth-order valence-electron chi connectivity index (χ4n) is 5.09. The lowest BCUT2D eigenvalue weighted by atomic mass is 10.0. The summed E-state index contributed by atoms with van der Waals surface area (Å²) < 4.78 is 6.26. The summed E-state index contributed by atoms with van der Waals surface area (Å²) in [6.45, 7) is 2.16. The van der Waals surface area contributed by atoms with E-state index < -0.39 is 5.91 Å². The maximum atomic E-state index is 13.0. The molecular formula is C31H31N7O3. The van der Waals surface area contributed by atoms with E-state index >= 15 is 0 Å². The molecule has 0 spiro atoms. The van der Waals surface area contributed by atoms with Gasteiger partial charge in [-0.15, -0.1) is 0 Å². The van der Waals surface area contributed by atoms with Crippen molar-refractivity contribution in [3.8, 4) is 22.9 Å². The summed E-state index contributed by atoms with van der Waals surface area (Å²) >= 11 is 0. The minimum Gasteiger partial charge on any atom is -0.454 e. The Kier molecular flexibility index (Phi) is 7.13. The third-order valence-corrected chi connectivity index (χ3v) is 7.34. The van der Waals surface area contributed by atoms with Gasteiger partial charge >= 0.3 is 0 Å². The predicted molar refractivity (Wildman–Crippen MR) is 159 cm³/mol. The second kappa shape index (κ2) is 11.2. The number of nitrogens with one attached hydrogen (secondary N) is 4. The van der Waals surface area contributed by atoms with E-state index in [4.69, 9.17) is 10.5 Å². The van der Waals surface area contributed by atoms with Gasteiger partial charge in [-0.1, -0.05) is 24.3 Å². The summed E-state index contributed by atoms with van der Waals surface area (Å²) in [4.78, 5) is 30.6. The Morgan fingerprint density at radius 1 is 1.00 bits per heavy atom. The maximum Gasteiger partial charge on any atom is 0.256 e. The van der Waals surface area contributed by atoms with Crippen LogP contribution in [0.4, 0.5) is 11.5 Å². The van der Waals surface area contributed by atoms with Crippen molar-refractivity contribution in [2.75, 3.05) is 30.8 Å². The molecule has 2 aromatic heterocycles. The molecule has 0 saturated carbocycles. The molecule has 3 heterocycles. The Bertz CT molecular complexity index is 1700. The molecule has 0 unspecified atom stereocenters. The highest BCUT2D eigenvalue weighted by Crippen LogP contribution is 2.40. The Hall–Kier alpha value is -5.09. The van der Waals surface area contributed by atoms with E-state index in [9.17, 15) is 9.59 Å². The van der Waals surface area contributed by atoms with Gasteiger partial charge in [-0.25, -0.2) is 0 Å². The van der Waals surface area contributed by atoms with Gasteiger partial charge < -0.3 is 31.0 Å². The lowest BCUT2D eigenvalue weighted by molar-refractivity contribution is 0.0995.